The highest BCUT2D eigenvalue weighted by atomic mass is 35.5. The minimum absolute atomic E-state index is 0.0244. The lowest BCUT2D eigenvalue weighted by Gasteiger charge is -2.25. The molecule has 3 heterocycles. The van der Waals surface area contributed by atoms with Gasteiger partial charge in [0.05, 0.1) is 17.0 Å². The number of hydrogen-bond acceptors (Lipinski definition) is 6. The summed E-state index contributed by atoms with van der Waals surface area (Å²) >= 11 is 5.90. The van der Waals surface area contributed by atoms with Crippen molar-refractivity contribution >= 4 is 40.1 Å². The Kier molecular flexibility index (Phi) is 6.43. The van der Waals surface area contributed by atoms with Crippen LogP contribution in [0.3, 0.4) is 0 Å². The molecule has 7 nitrogen and oxygen atoms in total. The first-order chi connectivity index (χ1) is 15.3. The highest BCUT2D eigenvalue weighted by Crippen LogP contribution is 2.34. The molecule has 168 valence electrons. The molecule has 3 aromatic rings. The number of benzene rings is 1. The number of nitrogens with one attached hydrogen (secondary N) is 1. The second kappa shape index (κ2) is 9.26. The van der Waals surface area contributed by atoms with E-state index in [0.717, 1.165) is 10.9 Å². The first-order valence-electron chi connectivity index (χ1n) is 10.5. The summed E-state index contributed by atoms with van der Waals surface area (Å²) in [5.74, 6) is 0.728. The molecular weight excluding hydrogens is 433 g/mol. The van der Waals surface area contributed by atoms with Gasteiger partial charge in [0.2, 0.25) is 11.6 Å². The van der Waals surface area contributed by atoms with E-state index in [1.54, 1.807) is 17.0 Å². The van der Waals surface area contributed by atoms with Gasteiger partial charge in [-0.05, 0) is 45.5 Å². The summed E-state index contributed by atoms with van der Waals surface area (Å²) in [6.07, 6.45) is 5.54. The highest BCUT2D eigenvalue weighted by molar-refractivity contribution is 6.31. The number of rotatable bonds is 6. The molecule has 1 aliphatic heterocycles. The second-order valence-corrected chi connectivity index (χ2v) is 8.51. The van der Waals surface area contributed by atoms with E-state index >= 15 is 0 Å². The molecule has 1 aliphatic rings. The van der Waals surface area contributed by atoms with Gasteiger partial charge in [0.1, 0.15) is 23.7 Å². The van der Waals surface area contributed by atoms with E-state index < -0.39 is 5.82 Å². The van der Waals surface area contributed by atoms with Gasteiger partial charge in [-0.15, -0.1) is 0 Å². The molecule has 32 heavy (non-hydrogen) atoms. The van der Waals surface area contributed by atoms with Crippen molar-refractivity contribution in [2.75, 3.05) is 25.5 Å². The second-order valence-electron chi connectivity index (χ2n) is 8.11. The maximum absolute atomic E-state index is 13.5. The summed E-state index contributed by atoms with van der Waals surface area (Å²) in [7, 11) is 2.02. The monoisotopic (exact) mass is 457 g/mol. The molecule has 0 saturated heterocycles. The van der Waals surface area contributed by atoms with Crippen LogP contribution in [0.4, 0.5) is 15.9 Å². The third-order valence-electron chi connectivity index (χ3n) is 5.67. The average Bonchev–Trinajstić information content (AvgIpc) is 3.14. The third kappa shape index (κ3) is 4.61. The maximum Gasteiger partial charge on any atom is 0.246 e. The number of carbonyl (C=O) groups excluding carboxylic acids is 1. The van der Waals surface area contributed by atoms with Gasteiger partial charge < -0.3 is 19.5 Å². The number of furan rings is 1. The molecule has 0 atom stereocenters. The van der Waals surface area contributed by atoms with Gasteiger partial charge in [-0.2, -0.15) is 0 Å². The number of carbonyl (C=O) groups is 1. The minimum atomic E-state index is -0.486. The van der Waals surface area contributed by atoms with Crippen molar-refractivity contribution in [3.8, 4) is 0 Å². The molecule has 1 amide bonds. The van der Waals surface area contributed by atoms with Crippen LogP contribution in [0.1, 0.15) is 25.2 Å². The Morgan fingerprint density at radius 3 is 2.97 bits per heavy atom. The zero-order valence-corrected chi connectivity index (χ0v) is 19.0. The Balaban J connectivity index is 1.53. The number of fused-ring (bicyclic) bond motifs is 3. The zero-order chi connectivity index (χ0) is 22.8. The van der Waals surface area contributed by atoms with Crippen LogP contribution in [0, 0.1) is 5.82 Å². The number of anilines is 2. The van der Waals surface area contributed by atoms with E-state index in [9.17, 15) is 9.18 Å². The largest absolute Gasteiger partial charge is 0.440 e. The number of halogens is 2. The van der Waals surface area contributed by atoms with Crippen molar-refractivity contribution in [3.63, 3.8) is 0 Å². The molecule has 0 aliphatic carbocycles. The third-order valence-corrected chi connectivity index (χ3v) is 5.96. The van der Waals surface area contributed by atoms with E-state index in [1.807, 2.05) is 13.1 Å². The van der Waals surface area contributed by atoms with E-state index in [-0.39, 0.29) is 10.9 Å². The number of aromatic nitrogens is 2. The van der Waals surface area contributed by atoms with Crippen LogP contribution < -0.4 is 5.32 Å². The Labute approximate surface area is 190 Å². The minimum Gasteiger partial charge on any atom is -0.440 e. The normalized spacial score (nSPS) is 14.0. The predicted octanol–water partition coefficient (Wildman–Crippen LogP) is 4.54. The van der Waals surface area contributed by atoms with Crippen LogP contribution in [-0.2, 0) is 17.8 Å². The van der Waals surface area contributed by atoms with Crippen LogP contribution in [0.2, 0.25) is 5.02 Å². The lowest BCUT2D eigenvalue weighted by atomic mass is 10.0. The summed E-state index contributed by atoms with van der Waals surface area (Å²) in [5, 5.41) is 3.97. The predicted molar refractivity (Wildman–Crippen MR) is 123 cm³/mol. The van der Waals surface area contributed by atoms with E-state index in [4.69, 9.17) is 16.0 Å². The van der Waals surface area contributed by atoms with Crippen molar-refractivity contribution in [3.05, 3.63) is 58.8 Å². The summed E-state index contributed by atoms with van der Waals surface area (Å²) in [4.78, 5) is 25.1. The van der Waals surface area contributed by atoms with Gasteiger partial charge in [-0.3, -0.25) is 4.79 Å². The van der Waals surface area contributed by atoms with Crippen LogP contribution in [-0.4, -0.2) is 51.9 Å². The van der Waals surface area contributed by atoms with Crippen molar-refractivity contribution in [1.29, 1.82) is 0 Å². The Morgan fingerprint density at radius 1 is 1.41 bits per heavy atom. The van der Waals surface area contributed by atoms with Gasteiger partial charge in [0.15, 0.2) is 0 Å². The van der Waals surface area contributed by atoms with E-state index in [1.165, 1.54) is 18.5 Å². The molecule has 0 radical (unpaired) electrons. The van der Waals surface area contributed by atoms with Gasteiger partial charge in [-0.1, -0.05) is 17.7 Å². The van der Waals surface area contributed by atoms with Crippen molar-refractivity contribution in [2.45, 2.75) is 32.9 Å². The topological polar surface area (TPSA) is 74.5 Å². The van der Waals surface area contributed by atoms with Crippen LogP contribution >= 0.6 is 11.6 Å². The standard InChI is InChI=1S/C23H25ClFN5O2/c1-14(2)29(3)9-4-5-20(31)30-10-8-16-19(12-30)32-23-21(16)22(26-13-27-23)28-15-6-7-18(25)17(24)11-15/h4-7,11,13-14H,8-10,12H2,1-3H3,(H,26,27,28)/b5-4+. The Morgan fingerprint density at radius 2 is 2.22 bits per heavy atom. The molecule has 0 spiro atoms. The van der Waals surface area contributed by atoms with Crippen molar-refractivity contribution in [2.24, 2.45) is 0 Å². The van der Waals surface area contributed by atoms with Gasteiger partial charge in [0, 0.05) is 36.5 Å². The van der Waals surface area contributed by atoms with Gasteiger partial charge in [0.25, 0.3) is 0 Å². The summed E-state index contributed by atoms with van der Waals surface area (Å²) < 4.78 is 19.4. The molecule has 0 bridgehead atoms. The molecule has 0 saturated carbocycles. The molecule has 1 aromatic carbocycles. The SMILES string of the molecule is CC(C)N(C)C/C=C/C(=O)N1CCc2c(oc3ncnc(Nc4ccc(F)c(Cl)c4)c23)C1. The molecule has 0 fully saturated rings. The molecule has 4 rings (SSSR count). The van der Waals surface area contributed by atoms with Crippen molar-refractivity contribution < 1.29 is 13.6 Å². The molecule has 9 heteroatoms. The fraction of sp³-hybridized carbons (Fsp3) is 0.348. The average molecular weight is 458 g/mol. The smallest absolute Gasteiger partial charge is 0.246 e. The number of amides is 1. The molecule has 2 aromatic heterocycles. The van der Waals surface area contributed by atoms with Crippen LogP contribution in [0.15, 0.2) is 41.1 Å². The lowest BCUT2D eigenvalue weighted by Crippen LogP contribution is -2.34. The fourth-order valence-electron chi connectivity index (χ4n) is 3.56. The van der Waals surface area contributed by atoms with Gasteiger partial charge >= 0.3 is 0 Å². The Hall–Kier alpha value is -2.97. The molecular formula is C23H25ClFN5O2. The first-order valence-corrected chi connectivity index (χ1v) is 10.8. The highest BCUT2D eigenvalue weighted by Gasteiger charge is 2.27. The summed E-state index contributed by atoms with van der Waals surface area (Å²) in [6, 6.07) is 4.80. The first kappa shape index (κ1) is 22.2. The summed E-state index contributed by atoms with van der Waals surface area (Å²) in [5.41, 5.74) is 2.03. The Bertz CT molecular complexity index is 1180. The summed E-state index contributed by atoms with van der Waals surface area (Å²) in [6.45, 7) is 5.88. The van der Waals surface area contributed by atoms with Gasteiger partial charge in [-0.25, -0.2) is 14.4 Å². The maximum atomic E-state index is 13.5. The quantitative estimate of drug-likeness (QED) is 0.548. The number of likely N-dealkylation sites (N-methyl/N-ethyl adjacent to an activating group) is 1. The molecule has 0 unspecified atom stereocenters. The van der Waals surface area contributed by atoms with E-state index in [0.29, 0.717) is 55.1 Å². The lowest BCUT2D eigenvalue weighted by molar-refractivity contribution is -0.127. The number of hydrogen-bond donors (Lipinski definition) is 1. The molecule has 1 N–H and O–H groups in total. The number of nitrogens with zero attached hydrogens (tertiary/aromatic N) is 4. The fourth-order valence-corrected chi connectivity index (χ4v) is 3.74. The van der Waals surface area contributed by atoms with E-state index in [2.05, 4.69) is 34.0 Å². The zero-order valence-electron chi connectivity index (χ0n) is 18.2. The van der Waals surface area contributed by atoms with Crippen LogP contribution in [0.25, 0.3) is 11.1 Å². The van der Waals surface area contributed by atoms with Crippen molar-refractivity contribution in [1.82, 2.24) is 19.8 Å². The van der Waals surface area contributed by atoms with Crippen LogP contribution in [0.5, 0.6) is 0 Å².